The molecule has 0 radical (unpaired) electrons. The second-order valence-corrected chi connectivity index (χ2v) is 11.1. The molecule has 4 rings (SSSR count). The van der Waals surface area contributed by atoms with E-state index in [1.165, 1.54) is 11.2 Å². The number of carbonyl (C=O) groups excluding carboxylic acids is 2. The molecule has 0 bridgehead atoms. The van der Waals surface area contributed by atoms with Gasteiger partial charge in [0.2, 0.25) is 21.8 Å². The van der Waals surface area contributed by atoms with Crippen molar-refractivity contribution in [3.8, 4) is 0 Å². The molecular formula is C25H31N3O4S. The van der Waals surface area contributed by atoms with Crippen molar-refractivity contribution >= 4 is 33.2 Å². The summed E-state index contributed by atoms with van der Waals surface area (Å²) in [6.07, 6.45) is 2.36. The first kappa shape index (κ1) is 23.4. The lowest BCUT2D eigenvalue weighted by Crippen LogP contribution is -2.39. The molecule has 0 unspecified atom stereocenters. The number of fused-ring (bicyclic) bond motifs is 1. The molecular weight excluding hydrogens is 438 g/mol. The summed E-state index contributed by atoms with van der Waals surface area (Å²) < 4.78 is 27.9. The van der Waals surface area contributed by atoms with Gasteiger partial charge in [-0.3, -0.25) is 9.59 Å². The van der Waals surface area contributed by atoms with E-state index in [4.69, 9.17) is 0 Å². The van der Waals surface area contributed by atoms with E-state index in [1.54, 1.807) is 23.1 Å². The van der Waals surface area contributed by atoms with Gasteiger partial charge in [0.05, 0.1) is 4.90 Å². The van der Waals surface area contributed by atoms with Gasteiger partial charge in [-0.1, -0.05) is 12.1 Å². The van der Waals surface area contributed by atoms with Crippen molar-refractivity contribution in [2.75, 3.05) is 29.9 Å². The molecule has 1 N–H and O–H groups in total. The fourth-order valence-corrected chi connectivity index (χ4v) is 6.22. The number of hydrogen-bond donors (Lipinski definition) is 1. The van der Waals surface area contributed by atoms with Crippen LogP contribution in [0.2, 0.25) is 0 Å². The van der Waals surface area contributed by atoms with Crippen molar-refractivity contribution in [3.05, 3.63) is 53.1 Å². The largest absolute Gasteiger partial charge is 0.326 e. The van der Waals surface area contributed by atoms with Crippen LogP contribution in [-0.4, -0.2) is 44.2 Å². The molecule has 0 atom stereocenters. The average molecular weight is 470 g/mol. The molecule has 2 aromatic carbocycles. The van der Waals surface area contributed by atoms with E-state index in [0.29, 0.717) is 45.3 Å². The summed E-state index contributed by atoms with van der Waals surface area (Å²) >= 11 is 0. The number of benzene rings is 2. The highest BCUT2D eigenvalue weighted by Crippen LogP contribution is 2.32. The van der Waals surface area contributed by atoms with Gasteiger partial charge in [0.25, 0.3) is 0 Å². The normalized spacial score (nSPS) is 17.1. The number of rotatable bonds is 5. The Morgan fingerprint density at radius 2 is 1.76 bits per heavy atom. The number of hydrogen-bond acceptors (Lipinski definition) is 4. The zero-order valence-corrected chi connectivity index (χ0v) is 20.2. The highest BCUT2D eigenvalue weighted by Gasteiger charge is 2.32. The van der Waals surface area contributed by atoms with Gasteiger partial charge in [0.15, 0.2) is 0 Å². The lowest BCUT2D eigenvalue weighted by atomic mass is 9.94. The van der Waals surface area contributed by atoms with Crippen LogP contribution in [0.4, 0.5) is 11.4 Å². The van der Waals surface area contributed by atoms with E-state index in [9.17, 15) is 18.0 Å². The molecule has 0 saturated carbocycles. The summed E-state index contributed by atoms with van der Waals surface area (Å²) in [5.74, 6) is 0.0948. The zero-order chi connectivity index (χ0) is 23.8. The first-order valence-corrected chi connectivity index (χ1v) is 12.9. The predicted molar refractivity (Wildman–Crippen MR) is 129 cm³/mol. The van der Waals surface area contributed by atoms with Crippen molar-refractivity contribution in [1.82, 2.24) is 4.31 Å². The van der Waals surface area contributed by atoms with Gasteiger partial charge in [-0.2, -0.15) is 4.31 Å². The maximum absolute atomic E-state index is 13.2. The van der Waals surface area contributed by atoms with Crippen LogP contribution in [-0.2, 0) is 26.0 Å². The molecule has 176 valence electrons. The molecule has 1 fully saturated rings. The van der Waals surface area contributed by atoms with Gasteiger partial charge in [-0.05, 0) is 80.0 Å². The van der Waals surface area contributed by atoms with Gasteiger partial charge in [-0.15, -0.1) is 0 Å². The molecule has 7 nitrogen and oxygen atoms in total. The third-order valence-electron chi connectivity index (χ3n) is 6.68. The Hall–Kier alpha value is -2.71. The van der Waals surface area contributed by atoms with Crippen molar-refractivity contribution in [3.63, 3.8) is 0 Å². The van der Waals surface area contributed by atoms with Crippen LogP contribution < -0.4 is 10.2 Å². The van der Waals surface area contributed by atoms with E-state index in [2.05, 4.69) is 5.32 Å². The van der Waals surface area contributed by atoms with Gasteiger partial charge in [-0.25, -0.2) is 8.42 Å². The molecule has 0 aliphatic carbocycles. The monoisotopic (exact) mass is 469 g/mol. The Balaban J connectivity index is 1.36. The Morgan fingerprint density at radius 1 is 1.03 bits per heavy atom. The van der Waals surface area contributed by atoms with Crippen LogP contribution in [0, 0.1) is 19.8 Å². The predicted octanol–water partition coefficient (Wildman–Crippen LogP) is 3.64. The number of nitrogens with one attached hydrogen (secondary N) is 1. The van der Waals surface area contributed by atoms with Gasteiger partial charge < -0.3 is 10.2 Å². The molecule has 8 heteroatoms. The Kier molecular flexibility index (Phi) is 6.59. The third-order valence-corrected chi connectivity index (χ3v) is 8.57. The summed E-state index contributed by atoms with van der Waals surface area (Å²) in [7, 11) is -3.60. The zero-order valence-electron chi connectivity index (χ0n) is 19.4. The highest BCUT2D eigenvalue weighted by molar-refractivity contribution is 7.89. The second-order valence-electron chi connectivity index (χ2n) is 9.13. The third kappa shape index (κ3) is 4.96. The van der Waals surface area contributed by atoms with Crippen LogP contribution in [0.15, 0.2) is 41.3 Å². The number of carbonyl (C=O) groups is 2. The van der Waals surface area contributed by atoms with Gasteiger partial charge in [0, 0.05) is 44.4 Å². The minimum atomic E-state index is -3.60. The molecule has 1 saturated heterocycles. The van der Waals surface area contributed by atoms with E-state index in [0.717, 1.165) is 28.1 Å². The summed E-state index contributed by atoms with van der Waals surface area (Å²) in [6, 6.07) is 11.0. The molecule has 2 heterocycles. The van der Waals surface area contributed by atoms with Gasteiger partial charge in [0.1, 0.15) is 0 Å². The topological polar surface area (TPSA) is 86.8 Å². The van der Waals surface area contributed by atoms with Crippen molar-refractivity contribution in [1.29, 1.82) is 0 Å². The van der Waals surface area contributed by atoms with E-state index in [-0.39, 0.29) is 22.6 Å². The smallest absolute Gasteiger partial charge is 0.243 e. The molecule has 2 amide bonds. The summed E-state index contributed by atoms with van der Waals surface area (Å²) in [6.45, 7) is 6.87. The van der Waals surface area contributed by atoms with Gasteiger partial charge >= 0.3 is 0 Å². The molecule has 33 heavy (non-hydrogen) atoms. The maximum atomic E-state index is 13.2. The summed E-state index contributed by atoms with van der Waals surface area (Å²) in [5, 5.41) is 3.00. The number of amides is 2. The Morgan fingerprint density at radius 3 is 2.45 bits per heavy atom. The second kappa shape index (κ2) is 9.27. The molecule has 2 aromatic rings. The Labute approximate surface area is 195 Å². The molecule has 2 aliphatic heterocycles. The van der Waals surface area contributed by atoms with Crippen LogP contribution >= 0.6 is 0 Å². The number of aryl methyl sites for hydroxylation is 2. The van der Waals surface area contributed by atoms with Crippen LogP contribution in [0.25, 0.3) is 0 Å². The lowest BCUT2D eigenvalue weighted by molar-refractivity contribution is -0.117. The standard InChI is InChI=1S/C25H31N3O4S/c1-17-4-5-18(2)23(14-17)26-25(30)15-20-8-11-27(12-9-20)33(31,32)22-6-7-24-21(16-22)10-13-28(24)19(3)29/h4-7,14,16,20H,8-13,15H2,1-3H3,(H,26,30). The minimum absolute atomic E-state index is 0.0290. The van der Waals surface area contributed by atoms with Crippen LogP contribution in [0.5, 0.6) is 0 Å². The van der Waals surface area contributed by atoms with Crippen LogP contribution in [0.1, 0.15) is 42.9 Å². The number of sulfonamides is 1. The lowest BCUT2D eigenvalue weighted by Gasteiger charge is -2.31. The highest BCUT2D eigenvalue weighted by atomic mass is 32.2. The van der Waals surface area contributed by atoms with Crippen molar-refractivity contribution in [2.24, 2.45) is 5.92 Å². The number of nitrogens with zero attached hydrogens (tertiary/aromatic N) is 2. The van der Waals surface area contributed by atoms with E-state index >= 15 is 0 Å². The fourth-order valence-electron chi connectivity index (χ4n) is 4.70. The van der Waals surface area contributed by atoms with Crippen molar-refractivity contribution in [2.45, 2.75) is 51.3 Å². The number of anilines is 2. The van der Waals surface area contributed by atoms with E-state index < -0.39 is 10.0 Å². The average Bonchev–Trinajstić information content (AvgIpc) is 3.20. The Bertz CT molecular complexity index is 1180. The number of piperidine rings is 1. The first-order chi connectivity index (χ1) is 15.6. The first-order valence-electron chi connectivity index (χ1n) is 11.4. The molecule has 0 spiro atoms. The van der Waals surface area contributed by atoms with E-state index in [1.807, 2.05) is 32.0 Å². The fraction of sp³-hybridized carbons (Fsp3) is 0.440. The molecule has 0 aromatic heterocycles. The summed E-state index contributed by atoms with van der Waals surface area (Å²) in [4.78, 5) is 26.3. The van der Waals surface area contributed by atoms with Crippen molar-refractivity contribution < 1.29 is 18.0 Å². The quantitative estimate of drug-likeness (QED) is 0.724. The summed E-state index contributed by atoms with van der Waals surface area (Å²) in [5.41, 5.74) is 4.64. The maximum Gasteiger partial charge on any atom is 0.243 e. The molecule has 2 aliphatic rings. The van der Waals surface area contributed by atoms with Crippen LogP contribution in [0.3, 0.4) is 0 Å². The minimum Gasteiger partial charge on any atom is -0.326 e. The SMILES string of the molecule is CC(=O)N1CCc2cc(S(=O)(=O)N3CCC(CC(=O)Nc4cc(C)ccc4C)CC3)ccc21.